The van der Waals surface area contributed by atoms with E-state index in [0.717, 1.165) is 36.4 Å². The number of hydrogen-bond acceptors (Lipinski definition) is 4. The molecule has 1 aliphatic rings. The molecule has 2 aromatic rings. The molecule has 1 N–H and O–H groups in total. The van der Waals surface area contributed by atoms with Crippen molar-refractivity contribution in [2.24, 2.45) is 0 Å². The highest BCUT2D eigenvalue weighted by molar-refractivity contribution is 7.14. The Hall–Kier alpha value is -1.82. The minimum atomic E-state index is -0.0168. The molecule has 0 saturated carbocycles. The molecular weight excluding hydrogens is 286 g/mol. The molecule has 2 aromatic heterocycles. The van der Waals surface area contributed by atoms with E-state index < -0.39 is 0 Å². The van der Waals surface area contributed by atoms with Gasteiger partial charge in [0.25, 0.3) is 5.91 Å². The van der Waals surface area contributed by atoms with Crippen LogP contribution in [0, 0.1) is 0 Å². The lowest BCUT2D eigenvalue weighted by atomic mass is 10.2. The molecule has 0 fully saturated rings. The molecule has 0 aliphatic heterocycles. The molecule has 0 radical (unpaired) electrons. The van der Waals surface area contributed by atoms with Crippen molar-refractivity contribution in [3.8, 4) is 5.75 Å². The van der Waals surface area contributed by atoms with Gasteiger partial charge < -0.3 is 14.6 Å². The van der Waals surface area contributed by atoms with Crippen LogP contribution in [-0.2, 0) is 19.4 Å². The van der Waals surface area contributed by atoms with Gasteiger partial charge in [-0.05, 0) is 25.7 Å². The third-order valence-electron chi connectivity index (χ3n) is 3.72. The van der Waals surface area contributed by atoms with Gasteiger partial charge in [-0.2, -0.15) is 0 Å². The molecule has 2 heterocycles. The Kier molecular flexibility index (Phi) is 4.24. The van der Waals surface area contributed by atoms with Crippen LogP contribution >= 0.6 is 11.3 Å². The van der Waals surface area contributed by atoms with Crippen molar-refractivity contribution in [1.29, 1.82) is 0 Å². The van der Waals surface area contributed by atoms with Crippen molar-refractivity contribution in [2.45, 2.75) is 32.2 Å². The number of aromatic nitrogens is 2. The molecule has 1 amide bonds. The first-order valence-electron chi connectivity index (χ1n) is 7.22. The van der Waals surface area contributed by atoms with E-state index in [1.165, 1.54) is 16.9 Å². The van der Waals surface area contributed by atoms with Crippen LogP contribution in [0.15, 0.2) is 18.7 Å². The van der Waals surface area contributed by atoms with Crippen LogP contribution in [-0.4, -0.2) is 29.1 Å². The van der Waals surface area contributed by atoms with E-state index in [9.17, 15) is 4.79 Å². The topological polar surface area (TPSA) is 56.1 Å². The Bertz CT molecular complexity index is 619. The molecule has 21 heavy (non-hydrogen) atoms. The normalized spacial score (nSPS) is 13.2. The Balaban J connectivity index is 1.56. The molecular formula is C15H19N3O2S. The van der Waals surface area contributed by atoms with Gasteiger partial charge >= 0.3 is 0 Å². The summed E-state index contributed by atoms with van der Waals surface area (Å²) in [5.74, 6) is 0.775. The van der Waals surface area contributed by atoms with Crippen LogP contribution in [0.5, 0.6) is 5.75 Å². The molecule has 6 heteroatoms. The summed E-state index contributed by atoms with van der Waals surface area (Å²) in [6.45, 7) is 1.51. The van der Waals surface area contributed by atoms with Gasteiger partial charge in [0.05, 0.1) is 13.4 Å². The fourth-order valence-electron chi connectivity index (χ4n) is 2.70. The Morgan fingerprint density at radius 1 is 1.52 bits per heavy atom. The molecule has 0 bridgehead atoms. The van der Waals surface area contributed by atoms with E-state index >= 15 is 0 Å². The minimum absolute atomic E-state index is 0.0168. The van der Waals surface area contributed by atoms with Crippen LogP contribution in [0.2, 0.25) is 0 Å². The number of methoxy groups -OCH3 is 1. The summed E-state index contributed by atoms with van der Waals surface area (Å²) in [6.07, 6.45) is 9.63. The number of nitrogens with one attached hydrogen (secondary N) is 1. The zero-order valence-electron chi connectivity index (χ0n) is 12.1. The van der Waals surface area contributed by atoms with Crippen molar-refractivity contribution < 1.29 is 9.53 Å². The van der Waals surface area contributed by atoms with Crippen LogP contribution < -0.4 is 10.1 Å². The number of nitrogens with zero attached hydrogens (tertiary/aromatic N) is 2. The van der Waals surface area contributed by atoms with Crippen LogP contribution in [0.4, 0.5) is 0 Å². The summed E-state index contributed by atoms with van der Waals surface area (Å²) in [6, 6.07) is 0. The summed E-state index contributed by atoms with van der Waals surface area (Å²) in [5.41, 5.74) is 1.24. The van der Waals surface area contributed by atoms with Crippen LogP contribution in [0.25, 0.3) is 0 Å². The number of imidazole rings is 1. The lowest BCUT2D eigenvalue weighted by Gasteiger charge is -2.07. The number of hydrogen-bond donors (Lipinski definition) is 1. The lowest BCUT2D eigenvalue weighted by molar-refractivity contribution is 0.0954. The van der Waals surface area contributed by atoms with Gasteiger partial charge in [-0.1, -0.05) is 0 Å². The van der Waals surface area contributed by atoms with E-state index in [2.05, 4.69) is 10.3 Å². The van der Waals surface area contributed by atoms with Gasteiger partial charge in [-0.15, -0.1) is 11.3 Å². The van der Waals surface area contributed by atoms with Gasteiger partial charge in [0.15, 0.2) is 0 Å². The second-order valence-electron chi connectivity index (χ2n) is 5.13. The van der Waals surface area contributed by atoms with E-state index in [1.807, 2.05) is 10.8 Å². The smallest absolute Gasteiger partial charge is 0.265 e. The number of amides is 1. The van der Waals surface area contributed by atoms with Gasteiger partial charge in [0.2, 0.25) is 0 Å². The molecule has 3 rings (SSSR count). The summed E-state index contributed by atoms with van der Waals surface area (Å²) in [4.78, 5) is 18.3. The first-order chi connectivity index (χ1) is 10.3. The van der Waals surface area contributed by atoms with Gasteiger partial charge in [0, 0.05) is 35.9 Å². The minimum Gasteiger partial charge on any atom is -0.495 e. The predicted molar refractivity (Wildman–Crippen MR) is 82.1 cm³/mol. The van der Waals surface area contributed by atoms with Crippen molar-refractivity contribution in [3.63, 3.8) is 0 Å². The number of carbonyl (C=O) groups is 1. The van der Waals surface area contributed by atoms with Crippen LogP contribution in [0.1, 0.15) is 33.0 Å². The highest BCUT2D eigenvalue weighted by atomic mass is 32.1. The van der Waals surface area contributed by atoms with Crippen molar-refractivity contribution >= 4 is 17.2 Å². The first-order valence-corrected chi connectivity index (χ1v) is 8.03. The van der Waals surface area contributed by atoms with Crippen molar-refractivity contribution in [1.82, 2.24) is 14.9 Å². The number of aryl methyl sites for hydroxylation is 2. The molecule has 112 valence electrons. The zero-order chi connectivity index (χ0) is 14.7. The van der Waals surface area contributed by atoms with E-state index in [0.29, 0.717) is 6.54 Å². The largest absolute Gasteiger partial charge is 0.495 e. The molecule has 0 aromatic carbocycles. The second-order valence-corrected chi connectivity index (χ2v) is 6.23. The Labute approximate surface area is 128 Å². The monoisotopic (exact) mass is 305 g/mol. The Morgan fingerprint density at radius 3 is 3.19 bits per heavy atom. The number of thiophene rings is 1. The summed E-state index contributed by atoms with van der Waals surface area (Å²) < 4.78 is 7.46. The lowest BCUT2D eigenvalue weighted by Crippen LogP contribution is -2.24. The van der Waals surface area contributed by atoms with Crippen LogP contribution in [0.3, 0.4) is 0 Å². The van der Waals surface area contributed by atoms with Crippen molar-refractivity contribution in [2.75, 3.05) is 13.7 Å². The standard InChI is InChI=1S/C15H19N3O2S/c1-20-13-11-4-2-5-12(11)21-14(13)15(19)17-6-3-8-18-9-7-16-10-18/h7,9-10H,2-6,8H2,1H3,(H,17,19). The number of rotatable bonds is 6. The van der Waals surface area contributed by atoms with Gasteiger partial charge in [-0.3, -0.25) is 4.79 Å². The fraction of sp³-hybridized carbons (Fsp3) is 0.467. The molecule has 0 atom stereocenters. The SMILES string of the molecule is COc1c(C(=O)NCCCn2ccnc2)sc2c1CCC2. The maximum Gasteiger partial charge on any atom is 0.265 e. The first kappa shape index (κ1) is 14.1. The maximum absolute atomic E-state index is 12.3. The molecule has 0 spiro atoms. The highest BCUT2D eigenvalue weighted by Crippen LogP contribution is 2.40. The molecule has 0 unspecified atom stereocenters. The highest BCUT2D eigenvalue weighted by Gasteiger charge is 2.26. The molecule has 0 saturated heterocycles. The van der Waals surface area contributed by atoms with Gasteiger partial charge in [-0.25, -0.2) is 4.98 Å². The quantitative estimate of drug-likeness (QED) is 0.833. The van der Waals surface area contributed by atoms with E-state index in [4.69, 9.17) is 4.74 Å². The average Bonchev–Trinajstić information content (AvgIpc) is 3.18. The number of fused-ring (bicyclic) bond motifs is 1. The zero-order valence-corrected chi connectivity index (χ0v) is 12.9. The third kappa shape index (κ3) is 2.95. The second kappa shape index (κ2) is 6.30. The Morgan fingerprint density at radius 2 is 2.43 bits per heavy atom. The predicted octanol–water partition coefficient (Wildman–Crippen LogP) is 2.26. The molecule has 5 nitrogen and oxygen atoms in total. The molecule has 1 aliphatic carbocycles. The summed E-state index contributed by atoms with van der Waals surface area (Å²) >= 11 is 1.58. The fourth-order valence-corrected chi connectivity index (χ4v) is 3.98. The van der Waals surface area contributed by atoms with Gasteiger partial charge in [0.1, 0.15) is 10.6 Å². The maximum atomic E-state index is 12.3. The number of carbonyl (C=O) groups excluding carboxylic acids is 1. The van der Waals surface area contributed by atoms with Crippen molar-refractivity contribution in [3.05, 3.63) is 34.0 Å². The third-order valence-corrected chi connectivity index (χ3v) is 4.99. The average molecular weight is 305 g/mol. The number of ether oxygens (including phenoxy) is 1. The summed E-state index contributed by atoms with van der Waals surface area (Å²) in [5, 5.41) is 2.98. The summed E-state index contributed by atoms with van der Waals surface area (Å²) in [7, 11) is 1.65. The van der Waals surface area contributed by atoms with E-state index in [1.54, 1.807) is 31.0 Å². The van der Waals surface area contributed by atoms with E-state index in [-0.39, 0.29) is 5.91 Å².